The van der Waals surface area contributed by atoms with Gasteiger partial charge in [-0.05, 0) is 44.7 Å². The average molecular weight is 421 g/mol. The zero-order valence-corrected chi connectivity index (χ0v) is 17.7. The van der Waals surface area contributed by atoms with E-state index in [-0.39, 0.29) is 29.9 Å². The number of aryl methyl sites for hydroxylation is 1. The summed E-state index contributed by atoms with van der Waals surface area (Å²) in [4.78, 5) is 29.6. The first kappa shape index (κ1) is 21.4. The summed E-state index contributed by atoms with van der Waals surface area (Å²) >= 11 is 0. The van der Waals surface area contributed by atoms with Gasteiger partial charge in [-0.25, -0.2) is 8.42 Å². The quantitative estimate of drug-likeness (QED) is 0.662. The van der Waals surface area contributed by atoms with Gasteiger partial charge in [0.1, 0.15) is 0 Å². The third kappa shape index (κ3) is 5.18. The maximum Gasteiger partial charge on any atom is 0.306 e. The van der Waals surface area contributed by atoms with Crippen LogP contribution >= 0.6 is 0 Å². The molecule has 1 aromatic heterocycles. The van der Waals surface area contributed by atoms with Gasteiger partial charge in [-0.1, -0.05) is 18.2 Å². The van der Waals surface area contributed by atoms with Crippen LogP contribution in [-0.2, 0) is 30.6 Å². The highest BCUT2D eigenvalue weighted by molar-refractivity contribution is 7.91. The Kier molecular flexibility index (Phi) is 6.62. The molecule has 29 heavy (non-hydrogen) atoms. The lowest BCUT2D eigenvalue weighted by molar-refractivity contribution is -0.160. The molecule has 1 aliphatic rings. The Morgan fingerprint density at radius 2 is 2.07 bits per heavy atom. The SMILES string of the molecule is CCN(C(=O)C(C)OC(=O)CCCc1c[nH]c2ccccc12)C1CCS(=O)(=O)C1. The zero-order valence-electron chi connectivity index (χ0n) is 16.9. The number of H-pyrrole nitrogens is 1. The molecule has 0 bridgehead atoms. The van der Waals surface area contributed by atoms with Gasteiger partial charge in [-0.3, -0.25) is 9.59 Å². The molecule has 158 valence electrons. The van der Waals surface area contributed by atoms with Crippen LogP contribution in [0.2, 0.25) is 0 Å². The van der Waals surface area contributed by atoms with E-state index in [0.717, 1.165) is 22.9 Å². The number of fused-ring (bicyclic) bond motifs is 1. The second kappa shape index (κ2) is 8.98. The number of aromatic nitrogens is 1. The number of carbonyl (C=O) groups is 2. The Bertz CT molecular complexity index is 982. The Morgan fingerprint density at radius 1 is 1.31 bits per heavy atom. The van der Waals surface area contributed by atoms with Gasteiger partial charge in [0.2, 0.25) is 0 Å². The third-order valence-electron chi connectivity index (χ3n) is 5.43. The summed E-state index contributed by atoms with van der Waals surface area (Å²) < 4.78 is 28.7. The van der Waals surface area contributed by atoms with Crippen LogP contribution in [0.25, 0.3) is 10.9 Å². The van der Waals surface area contributed by atoms with E-state index in [1.807, 2.05) is 30.5 Å². The maximum absolute atomic E-state index is 12.7. The molecule has 1 aliphatic heterocycles. The van der Waals surface area contributed by atoms with Crippen molar-refractivity contribution in [2.45, 2.75) is 51.7 Å². The number of para-hydroxylation sites is 1. The van der Waals surface area contributed by atoms with E-state index in [4.69, 9.17) is 4.74 Å². The molecule has 2 heterocycles. The molecule has 7 nitrogen and oxygen atoms in total. The van der Waals surface area contributed by atoms with E-state index < -0.39 is 21.9 Å². The lowest BCUT2D eigenvalue weighted by Gasteiger charge is -2.29. The van der Waals surface area contributed by atoms with Crippen molar-refractivity contribution < 1.29 is 22.7 Å². The smallest absolute Gasteiger partial charge is 0.306 e. The minimum absolute atomic E-state index is 0.0160. The molecule has 0 radical (unpaired) electrons. The minimum Gasteiger partial charge on any atom is -0.453 e. The largest absolute Gasteiger partial charge is 0.453 e. The fourth-order valence-electron chi connectivity index (χ4n) is 3.92. The number of ether oxygens (including phenoxy) is 1. The standard InChI is InChI=1S/C21H28N2O5S/c1-3-23(17-11-12-29(26,27)14-17)21(25)15(2)28-20(24)10-6-7-16-13-22-19-9-5-4-8-18(16)19/h4-5,8-9,13,15,17,22H,3,6-7,10-12,14H2,1-2H3. The molecule has 8 heteroatoms. The fourth-order valence-corrected chi connectivity index (χ4v) is 5.65. The Labute approximate surface area is 171 Å². The van der Waals surface area contributed by atoms with E-state index in [1.165, 1.54) is 4.90 Å². The molecular formula is C21H28N2O5S. The second-order valence-corrected chi connectivity index (χ2v) is 9.75. The second-order valence-electron chi connectivity index (χ2n) is 7.53. The molecule has 1 aromatic carbocycles. The van der Waals surface area contributed by atoms with Crippen LogP contribution in [0.4, 0.5) is 0 Å². The lowest BCUT2D eigenvalue weighted by Crippen LogP contribution is -2.46. The number of benzene rings is 1. The van der Waals surface area contributed by atoms with E-state index in [2.05, 4.69) is 4.98 Å². The van der Waals surface area contributed by atoms with Gasteiger partial charge in [0, 0.05) is 36.1 Å². The number of rotatable bonds is 8. The number of aromatic amines is 1. The summed E-state index contributed by atoms with van der Waals surface area (Å²) in [5, 5.41) is 1.15. The molecular weight excluding hydrogens is 392 g/mol. The molecule has 0 spiro atoms. The number of nitrogens with one attached hydrogen (secondary N) is 1. The van der Waals surface area contributed by atoms with Crippen LogP contribution in [0.3, 0.4) is 0 Å². The van der Waals surface area contributed by atoms with Crippen LogP contribution in [0.5, 0.6) is 0 Å². The van der Waals surface area contributed by atoms with Crippen LogP contribution in [0.1, 0.15) is 38.7 Å². The van der Waals surface area contributed by atoms with Gasteiger partial charge in [0.05, 0.1) is 11.5 Å². The Balaban J connectivity index is 1.48. The molecule has 2 unspecified atom stereocenters. The number of sulfone groups is 1. The summed E-state index contributed by atoms with van der Waals surface area (Å²) in [6, 6.07) is 7.67. The monoisotopic (exact) mass is 420 g/mol. The first-order chi connectivity index (χ1) is 13.8. The summed E-state index contributed by atoms with van der Waals surface area (Å²) in [5.41, 5.74) is 2.22. The number of carbonyl (C=O) groups excluding carboxylic acids is 2. The number of esters is 1. The number of hydrogen-bond donors (Lipinski definition) is 1. The molecule has 1 amide bonds. The van der Waals surface area contributed by atoms with E-state index >= 15 is 0 Å². The van der Waals surface area contributed by atoms with Gasteiger partial charge in [-0.15, -0.1) is 0 Å². The van der Waals surface area contributed by atoms with Crippen molar-refractivity contribution in [2.24, 2.45) is 0 Å². The van der Waals surface area contributed by atoms with Crippen LogP contribution in [0.15, 0.2) is 30.5 Å². The van der Waals surface area contributed by atoms with Gasteiger partial charge in [-0.2, -0.15) is 0 Å². The lowest BCUT2D eigenvalue weighted by atomic mass is 10.1. The first-order valence-electron chi connectivity index (χ1n) is 10.1. The summed E-state index contributed by atoms with van der Waals surface area (Å²) in [6.45, 7) is 3.74. The summed E-state index contributed by atoms with van der Waals surface area (Å²) in [7, 11) is -3.09. The maximum atomic E-state index is 12.7. The fraction of sp³-hybridized carbons (Fsp3) is 0.524. The third-order valence-corrected chi connectivity index (χ3v) is 7.18. The molecule has 1 N–H and O–H groups in total. The highest BCUT2D eigenvalue weighted by Gasteiger charge is 2.36. The van der Waals surface area contributed by atoms with Crippen molar-refractivity contribution in [1.29, 1.82) is 0 Å². The van der Waals surface area contributed by atoms with Crippen LogP contribution in [-0.4, -0.2) is 60.4 Å². The summed E-state index contributed by atoms with van der Waals surface area (Å²) in [6.07, 6.45) is 3.06. The van der Waals surface area contributed by atoms with E-state index in [0.29, 0.717) is 19.4 Å². The van der Waals surface area contributed by atoms with Crippen molar-refractivity contribution in [3.05, 3.63) is 36.0 Å². The van der Waals surface area contributed by atoms with Crippen LogP contribution < -0.4 is 0 Å². The van der Waals surface area contributed by atoms with E-state index in [1.54, 1.807) is 13.8 Å². The molecule has 0 saturated carbocycles. The van der Waals surface area contributed by atoms with Gasteiger partial charge >= 0.3 is 5.97 Å². The Morgan fingerprint density at radius 3 is 2.76 bits per heavy atom. The average Bonchev–Trinajstić information content (AvgIpc) is 3.25. The van der Waals surface area contributed by atoms with Crippen molar-refractivity contribution >= 4 is 32.6 Å². The van der Waals surface area contributed by atoms with Crippen molar-refractivity contribution in [3.8, 4) is 0 Å². The van der Waals surface area contributed by atoms with E-state index in [9.17, 15) is 18.0 Å². The molecule has 1 fully saturated rings. The number of amides is 1. The molecule has 3 rings (SSSR count). The van der Waals surface area contributed by atoms with Crippen molar-refractivity contribution in [2.75, 3.05) is 18.1 Å². The van der Waals surface area contributed by atoms with Gasteiger partial charge in [0.15, 0.2) is 15.9 Å². The highest BCUT2D eigenvalue weighted by atomic mass is 32.2. The predicted molar refractivity (Wildman–Crippen MR) is 111 cm³/mol. The van der Waals surface area contributed by atoms with Gasteiger partial charge in [0.25, 0.3) is 5.91 Å². The normalized spacial score (nSPS) is 19.2. The van der Waals surface area contributed by atoms with Crippen molar-refractivity contribution in [1.82, 2.24) is 9.88 Å². The van der Waals surface area contributed by atoms with Crippen LogP contribution in [0, 0.1) is 0 Å². The molecule has 2 atom stereocenters. The predicted octanol–water partition coefficient (Wildman–Crippen LogP) is 2.46. The number of likely N-dealkylation sites (N-methyl/N-ethyl adjacent to an activating group) is 1. The molecule has 1 saturated heterocycles. The first-order valence-corrected chi connectivity index (χ1v) is 11.9. The molecule has 2 aromatic rings. The number of hydrogen-bond acceptors (Lipinski definition) is 5. The van der Waals surface area contributed by atoms with Crippen molar-refractivity contribution in [3.63, 3.8) is 0 Å². The minimum atomic E-state index is -3.09. The van der Waals surface area contributed by atoms with Gasteiger partial charge < -0.3 is 14.6 Å². The zero-order chi connectivity index (χ0) is 21.0. The molecule has 0 aliphatic carbocycles. The highest BCUT2D eigenvalue weighted by Crippen LogP contribution is 2.21. The Hall–Kier alpha value is -2.35. The topological polar surface area (TPSA) is 96.5 Å². The summed E-state index contributed by atoms with van der Waals surface area (Å²) in [5.74, 6) is -0.665. The number of nitrogens with zero attached hydrogens (tertiary/aromatic N) is 1.